The number of nitrogens with two attached hydrogens (primary N) is 1. The van der Waals surface area contributed by atoms with Gasteiger partial charge in [-0.25, -0.2) is 4.98 Å². The Morgan fingerprint density at radius 3 is 2.61 bits per heavy atom. The lowest BCUT2D eigenvalue weighted by Gasteiger charge is -2.28. The van der Waals surface area contributed by atoms with Crippen LogP contribution in [0, 0.1) is 5.41 Å². The summed E-state index contributed by atoms with van der Waals surface area (Å²) in [7, 11) is 0. The lowest BCUT2D eigenvalue weighted by molar-refractivity contribution is -0.131. The number of nitrogens with one attached hydrogen (secondary N) is 1. The van der Waals surface area contributed by atoms with E-state index in [9.17, 15) is 4.79 Å². The molecule has 0 saturated carbocycles. The van der Waals surface area contributed by atoms with Crippen molar-refractivity contribution in [3.63, 3.8) is 0 Å². The van der Waals surface area contributed by atoms with Crippen molar-refractivity contribution in [2.24, 2.45) is 11.1 Å². The van der Waals surface area contributed by atoms with E-state index in [0.29, 0.717) is 13.1 Å². The van der Waals surface area contributed by atoms with Gasteiger partial charge in [-0.1, -0.05) is 13.8 Å². The molecule has 2 aromatic rings. The Morgan fingerprint density at radius 2 is 2.00 bits per heavy atom. The summed E-state index contributed by atoms with van der Waals surface area (Å²) in [5.41, 5.74) is 7.38. The normalized spacial score (nSPS) is 11.4. The van der Waals surface area contributed by atoms with Crippen molar-refractivity contribution < 1.29 is 4.79 Å². The molecule has 0 spiro atoms. The average Bonchev–Trinajstić information content (AvgIpc) is 3.07. The molecule has 23 heavy (non-hydrogen) atoms. The number of aromatic nitrogens is 2. The summed E-state index contributed by atoms with van der Waals surface area (Å²) in [4.78, 5) is 21.0. The number of amides is 1. The number of pyridine rings is 1. The third-order valence-corrected chi connectivity index (χ3v) is 5.29. The fourth-order valence-electron chi connectivity index (χ4n) is 2.50. The van der Waals surface area contributed by atoms with Crippen molar-refractivity contribution in [2.45, 2.75) is 33.1 Å². The van der Waals surface area contributed by atoms with E-state index in [1.54, 1.807) is 23.7 Å². The van der Waals surface area contributed by atoms with E-state index in [2.05, 4.69) is 15.3 Å². The minimum Gasteiger partial charge on any atom is -0.355 e. The molecule has 2 heterocycles. The topological polar surface area (TPSA) is 80.9 Å². The number of thiazole rings is 1. The van der Waals surface area contributed by atoms with Gasteiger partial charge >= 0.3 is 0 Å². The molecular weight excluding hydrogens is 308 g/mol. The largest absolute Gasteiger partial charge is 0.355 e. The molecule has 0 aliphatic heterocycles. The molecule has 0 atom stereocenters. The smallest absolute Gasteiger partial charge is 0.227 e. The molecule has 6 heteroatoms. The Bertz CT molecular complexity index is 614. The van der Waals surface area contributed by atoms with E-state index in [0.717, 1.165) is 35.5 Å². The summed E-state index contributed by atoms with van der Waals surface area (Å²) >= 11 is 1.61. The van der Waals surface area contributed by atoms with Gasteiger partial charge in [-0.3, -0.25) is 9.78 Å². The Balaban J connectivity index is 1.90. The highest BCUT2D eigenvalue weighted by Crippen LogP contribution is 2.25. The molecule has 0 fully saturated rings. The molecule has 124 valence electrons. The van der Waals surface area contributed by atoms with Crippen LogP contribution in [0.1, 0.15) is 31.7 Å². The number of rotatable bonds is 8. The number of nitrogens with zero attached hydrogens (tertiary/aromatic N) is 2. The SMILES string of the molecule is CCC(CC)(CN)C(=O)NCCc1nc(-c2ccncc2)cs1. The first kappa shape index (κ1) is 17.6. The quantitative estimate of drug-likeness (QED) is 0.778. The van der Waals surface area contributed by atoms with E-state index in [4.69, 9.17) is 5.73 Å². The highest BCUT2D eigenvalue weighted by molar-refractivity contribution is 7.09. The van der Waals surface area contributed by atoms with Crippen LogP contribution < -0.4 is 11.1 Å². The Kier molecular flexibility index (Phi) is 6.24. The zero-order chi connectivity index (χ0) is 16.7. The predicted molar refractivity (Wildman–Crippen MR) is 94.1 cm³/mol. The number of hydrogen-bond donors (Lipinski definition) is 2. The second-order valence-corrected chi connectivity index (χ2v) is 6.50. The van der Waals surface area contributed by atoms with Gasteiger partial charge in [-0.2, -0.15) is 0 Å². The van der Waals surface area contributed by atoms with Gasteiger partial charge in [0, 0.05) is 42.8 Å². The second kappa shape index (κ2) is 8.17. The van der Waals surface area contributed by atoms with Crippen molar-refractivity contribution in [3.8, 4) is 11.3 Å². The summed E-state index contributed by atoms with van der Waals surface area (Å²) in [6.45, 7) is 4.99. The molecule has 0 saturated heterocycles. The highest BCUT2D eigenvalue weighted by atomic mass is 32.1. The molecule has 0 aliphatic rings. The van der Waals surface area contributed by atoms with Crippen LogP contribution in [0.4, 0.5) is 0 Å². The number of hydrogen-bond acceptors (Lipinski definition) is 5. The van der Waals surface area contributed by atoms with Gasteiger partial charge in [0.2, 0.25) is 5.91 Å². The third-order valence-electron chi connectivity index (χ3n) is 4.38. The molecule has 2 aromatic heterocycles. The van der Waals surface area contributed by atoms with Gasteiger partial charge in [-0.05, 0) is 25.0 Å². The zero-order valence-electron chi connectivity index (χ0n) is 13.7. The number of carbonyl (C=O) groups is 1. The van der Waals surface area contributed by atoms with Crippen molar-refractivity contribution in [2.75, 3.05) is 13.1 Å². The summed E-state index contributed by atoms with van der Waals surface area (Å²) in [6, 6.07) is 3.89. The van der Waals surface area contributed by atoms with Gasteiger partial charge in [0.25, 0.3) is 0 Å². The van der Waals surface area contributed by atoms with E-state index >= 15 is 0 Å². The minimum absolute atomic E-state index is 0.0518. The first-order valence-electron chi connectivity index (χ1n) is 7.98. The van der Waals surface area contributed by atoms with E-state index in [1.165, 1.54) is 0 Å². The molecular formula is C17H24N4OS. The van der Waals surface area contributed by atoms with E-state index in [-0.39, 0.29) is 5.91 Å². The molecule has 0 aliphatic carbocycles. The molecule has 3 N–H and O–H groups in total. The van der Waals surface area contributed by atoms with Crippen LogP contribution in [0.5, 0.6) is 0 Å². The van der Waals surface area contributed by atoms with Crippen molar-refractivity contribution in [3.05, 3.63) is 34.9 Å². The van der Waals surface area contributed by atoms with Crippen LogP contribution in [0.3, 0.4) is 0 Å². The van der Waals surface area contributed by atoms with Crippen LogP contribution in [-0.4, -0.2) is 29.0 Å². The monoisotopic (exact) mass is 332 g/mol. The third kappa shape index (κ3) is 4.14. The second-order valence-electron chi connectivity index (χ2n) is 5.56. The van der Waals surface area contributed by atoms with Crippen LogP contribution in [-0.2, 0) is 11.2 Å². The van der Waals surface area contributed by atoms with Crippen LogP contribution >= 0.6 is 11.3 Å². The van der Waals surface area contributed by atoms with Gasteiger partial charge in [0.1, 0.15) is 0 Å². The van der Waals surface area contributed by atoms with Crippen LogP contribution in [0.2, 0.25) is 0 Å². The molecule has 5 nitrogen and oxygen atoms in total. The summed E-state index contributed by atoms with van der Waals surface area (Å²) in [6.07, 6.45) is 5.77. The molecule has 0 aromatic carbocycles. The molecule has 0 unspecified atom stereocenters. The summed E-state index contributed by atoms with van der Waals surface area (Å²) in [5, 5.41) is 6.07. The maximum Gasteiger partial charge on any atom is 0.227 e. The highest BCUT2D eigenvalue weighted by Gasteiger charge is 2.32. The molecule has 0 radical (unpaired) electrons. The molecule has 0 bridgehead atoms. The van der Waals surface area contributed by atoms with Gasteiger partial charge in [0.15, 0.2) is 0 Å². The maximum absolute atomic E-state index is 12.4. The summed E-state index contributed by atoms with van der Waals surface area (Å²) < 4.78 is 0. The first-order chi connectivity index (χ1) is 11.1. The average molecular weight is 332 g/mol. The first-order valence-corrected chi connectivity index (χ1v) is 8.86. The van der Waals surface area contributed by atoms with Gasteiger partial charge in [0.05, 0.1) is 16.1 Å². The lowest BCUT2D eigenvalue weighted by Crippen LogP contribution is -2.45. The van der Waals surface area contributed by atoms with Gasteiger partial charge < -0.3 is 11.1 Å². The molecule has 1 amide bonds. The standard InChI is InChI=1S/C17H24N4OS/c1-3-17(4-2,12-18)16(22)20-10-7-15-21-14(11-23-15)13-5-8-19-9-6-13/h5-6,8-9,11H,3-4,7,10,12,18H2,1-2H3,(H,20,22). The fraction of sp³-hybridized carbons (Fsp3) is 0.471. The zero-order valence-corrected chi connectivity index (χ0v) is 14.5. The Hall–Kier alpha value is -1.79. The lowest BCUT2D eigenvalue weighted by atomic mass is 9.81. The maximum atomic E-state index is 12.4. The van der Waals surface area contributed by atoms with E-state index in [1.807, 2.05) is 31.4 Å². The fourth-order valence-corrected chi connectivity index (χ4v) is 3.31. The Labute approximate surface area is 141 Å². The van der Waals surface area contributed by atoms with E-state index < -0.39 is 5.41 Å². The summed E-state index contributed by atoms with van der Waals surface area (Å²) in [5.74, 6) is 0.0518. The van der Waals surface area contributed by atoms with Crippen molar-refractivity contribution in [1.29, 1.82) is 0 Å². The van der Waals surface area contributed by atoms with Crippen LogP contribution in [0.15, 0.2) is 29.9 Å². The number of carbonyl (C=O) groups excluding carboxylic acids is 1. The van der Waals surface area contributed by atoms with Gasteiger partial charge in [-0.15, -0.1) is 11.3 Å². The van der Waals surface area contributed by atoms with Crippen LogP contribution in [0.25, 0.3) is 11.3 Å². The Morgan fingerprint density at radius 1 is 1.30 bits per heavy atom. The predicted octanol–water partition coefficient (Wildman–Crippen LogP) is 2.63. The minimum atomic E-state index is -0.439. The molecule has 2 rings (SSSR count). The van der Waals surface area contributed by atoms with Crippen molar-refractivity contribution >= 4 is 17.2 Å². The van der Waals surface area contributed by atoms with Crippen molar-refractivity contribution in [1.82, 2.24) is 15.3 Å².